The molecule has 0 aliphatic heterocycles. The van der Waals surface area contributed by atoms with Crippen molar-refractivity contribution >= 4 is 21.9 Å². The molecule has 1 aromatic rings. The van der Waals surface area contributed by atoms with E-state index in [1.54, 1.807) is 0 Å². The molecule has 1 unspecified atom stereocenters. The number of hydrogen-bond acceptors (Lipinski definition) is 2. The number of carboxylic acid groups (broad SMARTS) is 1. The summed E-state index contributed by atoms with van der Waals surface area (Å²) in [5.74, 6) is -1.84. The lowest BCUT2D eigenvalue weighted by Crippen LogP contribution is -2.12. The first-order valence-corrected chi connectivity index (χ1v) is 4.59. The summed E-state index contributed by atoms with van der Waals surface area (Å²) < 4.78 is 13.1. The van der Waals surface area contributed by atoms with Gasteiger partial charge in [0.2, 0.25) is 0 Å². The summed E-state index contributed by atoms with van der Waals surface area (Å²) in [6.45, 7) is 1.54. The average Bonchev–Trinajstić information content (AvgIpc) is 2.10. The quantitative estimate of drug-likeness (QED) is 0.858. The van der Waals surface area contributed by atoms with Crippen LogP contribution in [0.4, 0.5) is 4.39 Å². The van der Waals surface area contributed by atoms with E-state index in [1.165, 1.54) is 19.1 Å². The smallest absolute Gasteiger partial charge is 0.337 e. The molecule has 0 radical (unpaired) electrons. The highest BCUT2D eigenvalue weighted by molar-refractivity contribution is 9.10. The van der Waals surface area contributed by atoms with Gasteiger partial charge in [0.05, 0.1) is 4.47 Å². The number of carbonyl (C=O) groups is 1. The zero-order valence-corrected chi connectivity index (χ0v) is 8.88. The molecular formula is C9H8BrFO3. The van der Waals surface area contributed by atoms with Crippen molar-refractivity contribution in [2.24, 2.45) is 0 Å². The molecule has 0 aromatic heterocycles. The Morgan fingerprint density at radius 1 is 1.57 bits per heavy atom. The largest absolute Gasteiger partial charge is 0.479 e. The highest BCUT2D eigenvalue weighted by Gasteiger charge is 2.19. The van der Waals surface area contributed by atoms with Crippen molar-refractivity contribution in [2.45, 2.75) is 13.0 Å². The van der Waals surface area contributed by atoms with E-state index in [4.69, 9.17) is 5.11 Å². The van der Waals surface area contributed by atoms with E-state index >= 15 is 0 Å². The standard InChI is InChI=1S/C9H8BrFO3/c1-4-2-7(11)6(10)3-5(4)8(12)9(13)14/h2-3,8,12H,1H3,(H,13,14). The van der Waals surface area contributed by atoms with Crippen LogP contribution in [0.2, 0.25) is 0 Å². The lowest BCUT2D eigenvalue weighted by Gasteiger charge is -2.10. The number of aliphatic carboxylic acids is 1. The lowest BCUT2D eigenvalue weighted by atomic mass is 10.0. The summed E-state index contributed by atoms with van der Waals surface area (Å²) in [6, 6.07) is 2.44. The summed E-state index contributed by atoms with van der Waals surface area (Å²) in [7, 11) is 0. The van der Waals surface area contributed by atoms with Gasteiger partial charge in [-0.2, -0.15) is 0 Å². The molecule has 1 aromatic carbocycles. The summed E-state index contributed by atoms with van der Waals surface area (Å²) in [4.78, 5) is 10.5. The van der Waals surface area contributed by atoms with Crippen LogP contribution in [0.15, 0.2) is 16.6 Å². The van der Waals surface area contributed by atoms with Crippen LogP contribution in [0, 0.1) is 12.7 Å². The monoisotopic (exact) mass is 262 g/mol. The second-order valence-corrected chi connectivity index (χ2v) is 3.72. The fraction of sp³-hybridized carbons (Fsp3) is 0.222. The Balaban J connectivity index is 3.22. The highest BCUT2D eigenvalue weighted by Crippen LogP contribution is 2.25. The molecule has 5 heteroatoms. The lowest BCUT2D eigenvalue weighted by molar-refractivity contribution is -0.147. The normalized spacial score (nSPS) is 12.6. The second kappa shape index (κ2) is 4.06. The Labute approximate surface area is 88.3 Å². The van der Waals surface area contributed by atoms with Crippen molar-refractivity contribution < 1.29 is 19.4 Å². The Morgan fingerprint density at radius 3 is 2.64 bits per heavy atom. The summed E-state index contributed by atoms with van der Waals surface area (Å²) in [6.07, 6.45) is -1.62. The predicted octanol–water partition coefficient (Wildman–Crippen LogP) is 2.01. The van der Waals surface area contributed by atoms with Gasteiger partial charge in [-0.3, -0.25) is 0 Å². The maximum absolute atomic E-state index is 12.9. The fourth-order valence-corrected chi connectivity index (χ4v) is 1.45. The summed E-state index contributed by atoms with van der Waals surface area (Å²) in [5.41, 5.74) is 0.589. The molecule has 0 amide bonds. The van der Waals surface area contributed by atoms with Crippen LogP contribution < -0.4 is 0 Å². The minimum Gasteiger partial charge on any atom is -0.479 e. The van der Waals surface area contributed by atoms with Gasteiger partial charge in [0.25, 0.3) is 0 Å². The number of aliphatic hydroxyl groups is 1. The van der Waals surface area contributed by atoms with Crippen LogP contribution in [0.25, 0.3) is 0 Å². The number of benzene rings is 1. The molecule has 0 aliphatic rings. The van der Waals surface area contributed by atoms with Crippen LogP contribution >= 0.6 is 15.9 Å². The third-order valence-corrected chi connectivity index (χ3v) is 2.45. The first-order chi connectivity index (χ1) is 6.43. The number of aryl methyl sites for hydroxylation is 1. The van der Waals surface area contributed by atoms with Gasteiger partial charge in [-0.05, 0) is 46.1 Å². The Bertz CT molecular complexity index is 379. The van der Waals surface area contributed by atoms with E-state index in [9.17, 15) is 14.3 Å². The highest BCUT2D eigenvalue weighted by atomic mass is 79.9. The maximum Gasteiger partial charge on any atom is 0.337 e. The van der Waals surface area contributed by atoms with Crippen LogP contribution in [-0.4, -0.2) is 16.2 Å². The molecule has 0 heterocycles. The molecule has 0 fully saturated rings. The summed E-state index contributed by atoms with van der Waals surface area (Å²) >= 11 is 2.92. The molecule has 2 N–H and O–H groups in total. The van der Waals surface area contributed by atoms with Crippen LogP contribution in [0.3, 0.4) is 0 Å². The van der Waals surface area contributed by atoms with E-state index in [2.05, 4.69) is 15.9 Å². The molecule has 0 saturated heterocycles. The molecular weight excluding hydrogens is 255 g/mol. The third-order valence-electron chi connectivity index (χ3n) is 1.84. The van der Waals surface area contributed by atoms with Gasteiger partial charge < -0.3 is 10.2 Å². The number of aliphatic hydroxyl groups excluding tert-OH is 1. The molecule has 0 spiro atoms. The average molecular weight is 263 g/mol. The van der Waals surface area contributed by atoms with Gasteiger partial charge >= 0.3 is 5.97 Å². The molecule has 1 rings (SSSR count). The number of rotatable bonds is 2. The van der Waals surface area contributed by atoms with Crippen molar-refractivity contribution in [1.82, 2.24) is 0 Å². The third kappa shape index (κ3) is 2.10. The number of carboxylic acids is 1. The summed E-state index contributed by atoms with van der Waals surface area (Å²) in [5, 5.41) is 17.8. The van der Waals surface area contributed by atoms with Crippen molar-refractivity contribution in [2.75, 3.05) is 0 Å². The van der Waals surface area contributed by atoms with E-state index in [-0.39, 0.29) is 10.0 Å². The van der Waals surface area contributed by atoms with Crippen LogP contribution in [0.5, 0.6) is 0 Å². The number of hydrogen-bond donors (Lipinski definition) is 2. The molecule has 76 valence electrons. The van der Waals surface area contributed by atoms with E-state index < -0.39 is 17.9 Å². The zero-order chi connectivity index (χ0) is 10.9. The van der Waals surface area contributed by atoms with E-state index in [0.29, 0.717) is 5.56 Å². The SMILES string of the molecule is Cc1cc(F)c(Br)cc1C(O)C(=O)O. The van der Waals surface area contributed by atoms with E-state index in [1.807, 2.05) is 0 Å². The van der Waals surface area contributed by atoms with Gasteiger partial charge in [0.15, 0.2) is 6.10 Å². The topological polar surface area (TPSA) is 57.5 Å². The molecule has 14 heavy (non-hydrogen) atoms. The first-order valence-electron chi connectivity index (χ1n) is 3.80. The second-order valence-electron chi connectivity index (χ2n) is 2.86. The fourth-order valence-electron chi connectivity index (χ4n) is 1.09. The van der Waals surface area contributed by atoms with Crippen molar-refractivity contribution in [3.8, 4) is 0 Å². The van der Waals surface area contributed by atoms with Gasteiger partial charge in [-0.15, -0.1) is 0 Å². The first kappa shape index (κ1) is 11.1. The predicted molar refractivity (Wildman–Crippen MR) is 51.4 cm³/mol. The zero-order valence-electron chi connectivity index (χ0n) is 7.29. The molecule has 3 nitrogen and oxygen atoms in total. The molecule has 0 bridgehead atoms. The molecule has 1 atom stereocenters. The van der Waals surface area contributed by atoms with Gasteiger partial charge in [0.1, 0.15) is 5.82 Å². The Kier molecular flexibility index (Phi) is 3.23. The minimum absolute atomic E-state index is 0.137. The van der Waals surface area contributed by atoms with Crippen molar-refractivity contribution in [3.05, 3.63) is 33.5 Å². The van der Waals surface area contributed by atoms with E-state index in [0.717, 1.165) is 0 Å². The number of halogens is 2. The minimum atomic E-state index is -1.62. The van der Waals surface area contributed by atoms with Gasteiger partial charge in [-0.1, -0.05) is 0 Å². The van der Waals surface area contributed by atoms with Crippen LogP contribution in [0.1, 0.15) is 17.2 Å². The Morgan fingerprint density at radius 2 is 2.14 bits per heavy atom. The van der Waals surface area contributed by atoms with Crippen LogP contribution in [-0.2, 0) is 4.79 Å². The molecule has 0 aliphatic carbocycles. The Hall–Kier alpha value is -0.940. The van der Waals surface area contributed by atoms with Crippen molar-refractivity contribution in [1.29, 1.82) is 0 Å². The maximum atomic E-state index is 12.9. The van der Waals surface area contributed by atoms with Crippen molar-refractivity contribution in [3.63, 3.8) is 0 Å². The van der Waals surface area contributed by atoms with Gasteiger partial charge in [0, 0.05) is 0 Å². The molecule has 0 saturated carbocycles. The van der Waals surface area contributed by atoms with Gasteiger partial charge in [-0.25, -0.2) is 9.18 Å².